The van der Waals surface area contributed by atoms with Crippen LogP contribution >= 0.6 is 0 Å². The first-order valence-corrected chi connectivity index (χ1v) is 27.7. The van der Waals surface area contributed by atoms with E-state index in [9.17, 15) is 19.8 Å². The molecule has 6 aromatic rings. The Bertz CT molecular complexity index is 2870. The molecule has 14 heteroatoms. The van der Waals surface area contributed by atoms with E-state index in [2.05, 4.69) is 131 Å². The Morgan fingerprint density at radius 1 is 0.487 bits per heavy atom. The first-order valence-electron chi connectivity index (χ1n) is 27.7. The zero-order chi connectivity index (χ0) is 56.1. The zero-order valence-corrected chi connectivity index (χ0v) is 46.9. The number of aliphatic hydroxyl groups excluding tert-OH is 2. The van der Waals surface area contributed by atoms with Gasteiger partial charge in [0.1, 0.15) is 11.5 Å². The van der Waals surface area contributed by atoms with Crippen LogP contribution in [0, 0.1) is 23.7 Å². The Labute approximate surface area is 472 Å². The summed E-state index contributed by atoms with van der Waals surface area (Å²) in [6.45, 7) is 4.42. The minimum atomic E-state index is -0.109. The summed E-state index contributed by atoms with van der Waals surface area (Å²) in [6.07, 6.45) is 1.73. The molecule has 0 saturated carbocycles. The molecule has 4 aliphatic heterocycles. The summed E-state index contributed by atoms with van der Waals surface area (Å²) in [7, 11) is 11.6. The lowest BCUT2D eigenvalue weighted by molar-refractivity contribution is -0.0724. The maximum Gasteiger partial charge on any atom is 0.321 e. The van der Waals surface area contributed by atoms with Crippen molar-refractivity contribution < 1.29 is 29.3 Å². The highest BCUT2D eigenvalue weighted by atomic mass is 16.5. The minimum Gasteiger partial charge on any atom is -0.497 e. The van der Waals surface area contributed by atoms with Crippen molar-refractivity contribution >= 4 is 23.4 Å². The molecule has 4 fully saturated rings. The third-order valence-electron chi connectivity index (χ3n) is 16.4. The minimum absolute atomic E-state index is 0.0123. The van der Waals surface area contributed by atoms with E-state index in [1.54, 1.807) is 14.2 Å². The Morgan fingerprint density at radius 2 is 0.825 bits per heavy atom. The third-order valence-corrected chi connectivity index (χ3v) is 16.4. The van der Waals surface area contributed by atoms with Gasteiger partial charge in [-0.1, -0.05) is 84.3 Å². The summed E-state index contributed by atoms with van der Waals surface area (Å²) < 4.78 is 10.5. The Hall–Kier alpha value is -7.66. The first-order chi connectivity index (χ1) is 38.9. The summed E-state index contributed by atoms with van der Waals surface area (Å²) in [5.41, 5.74) is 7.69. The summed E-state index contributed by atoms with van der Waals surface area (Å²) in [5.74, 6) is 14.7. The summed E-state index contributed by atoms with van der Waals surface area (Å²) in [5, 5.41) is 27.0. The SMILES string of the molecule is COc1ccc(NC(=O)N2CCC(N(C)C)CN3[C@H](CO)[C@H](c4ccc(C#Cc5ccccc5)cc4)[C@@H]3C2)cc1.COc1ccc(NC(=O)N2CCC(N(C)C)CN3[C@H](CO)[C@H](c4ccc(C#Cc5ccccc5)cc4)[C@@H]3C2)cc1. The maximum atomic E-state index is 13.5. The van der Waals surface area contributed by atoms with E-state index in [1.807, 2.05) is 119 Å². The molecule has 8 atom stereocenters. The van der Waals surface area contributed by atoms with Gasteiger partial charge in [-0.15, -0.1) is 0 Å². The number of methoxy groups -OCH3 is 2. The predicted molar refractivity (Wildman–Crippen MR) is 317 cm³/mol. The molecule has 0 spiro atoms. The molecular weight excluding hydrogens is 1000 g/mol. The van der Waals surface area contributed by atoms with Crippen LogP contribution in [-0.2, 0) is 0 Å². The van der Waals surface area contributed by atoms with Gasteiger partial charge in [-0.2, -0.15) is 0 Å². The largest absolute Gasteiger partial charge is 0.497 e. The molecular formula is C66H76N8O6. The van der Waals surface area contributed by atoms with Gasteiger partial charge >= 0.3 is 12.1 Å². The molecule has 0 aliphatic carbocycles. The number of likely N-dealkylation sites (N-methyl/N-ethyl adjacent to an activating group) is 2. The van der Waals surface area contributed by atoms with E-state index in [1.165, 1.54) is 11.1 Å². The number of hydrogen-bond donors (Lipinski definition) is 4. The van der Waals surface area contributed by atoms with Crippen LogP contribution in [0.3, 0.4) is 0 Å². The molecule has 4 heterocycles. The fourth-order valence-electron chi connectivity index (χ4n) is 11.7. The highest BCUT2D eigenvalue weighted by Gasteiger charge is 2.52. The monoisotopic (exact) mass is 1080 g/mol. The molecule has 416 valence electrons. The standard InChI is InChI=1S/2C33H38N4O3/c2*1-35(2)28-19-20-36(33(39)34-27-15-17-29(40-3)18-16-27)22-30-32(31(23-38)37(30)21-28)26-13-11-25(12-14-26)10-9-24-7-5-4-6-8-24/h2*4-8,11-18,28,30-32,38H,19-23H2,1-3H3,(H,34,39)/t2*28?,30-,31+,32+/m00/s1. The average Bonchev–Trinajstić information content (AvgIpc) is 3.47. The lowest BCUT2D eigenvalue weighted by atomic mass is 9.74. The van der Waals surface area contributed by atoms with E-state index in [4.69, 9.17) is 9.47 Å². The van der Waals surface area contributed by atoms with Crippen LogP contribution in [0.1, 0.15) is 58.1 Å². The fraction of sp³-hybridized carbons (Fsp3) is 0.364. The lowest BCUT2D eigenvalue weighted by Crippen LogP contribution is -2.70. The zero-order valence-electron chi connectivity index (χ0n) is 46.9. The van der Waals surface area contributed by atoms with Gasteiger partial charge in [-0.3, -0.25) is 9.80 Å². The summed E-state index contributed by atoms with van der Waals surface area (Å²) in [4.78, 5) is 40.0. The number of hydrogen-bond acceptors (Lipinski definition) is 10. The van der Waals surface area contributed by atoms with Crippen molar-refractivity contribution in [2.45, 2.75) is 60.9 Å². The Morgan fingerprint density at radius 3 is 1.14 bits per heavy atom. The predicted octanol–water partition coefficient (Wildman–Crippen LogP) is 8.18. The van der Waals surface area contributed by atoms with Crippen molar-refractivity contribution in [2.75, 3.05) is 106 Å². The van der Waals surface area contributed by atoms with Crippen molar-refractivity contribution in [3.05, 3.63) is 191 Å². The molecule has 4 saturated heterocycles. The highest BCUT2D eigenvalue weighted by molar-refractivity contribution is 5.90. The van der Waals surface area contributed by atoms with Crippen LogP contribution in [0.5, 0.6) is 11.5 Å². The van der Waals surface area contributed by atoms with Crippen LogP contribution in [0.4, 0.5) is 21.0 Å². The molecule has 4 amide bonds. The quantitative estimate of drug-likeness (QED) is 0.0996. The van der Waals surface area contributed by atoms with E-state index < -0.39 is 0 Å². The van der Waals surface area contributed by atoms with Crippen LogP contribution < -0.4 is 20.1 Å². The molecule has 4 aliphatic rings. The molecule has 4 N–H and O–H groups in total. The second kappa shape index (κ2) is 27.0. The van der Waals surface area contributed by atoms with Crippen LogP contribution in [-0.4, -0.2) is 183 Å². The Balaban J connectivity index is 0.000000194. The van der Waals surface area contributed by atoms with E-state index in [-0.39, 0.29) is 73.4 Å². The van der Waals surface area contributed by atoms with Gasteiger partial charge in [0.2, 0.25) is 0 Å². The number of urea groups is 2. The highest BCUT2D eigenvalue weighted by Crippen LogP contribution is 2.44. The lowest BCUT2D eigenvalue weighted by Gasteiger charge is -2.58. The number of rotatable bonds is 10. The maximum absolute atomic E-state index is 13.5. The molecule has 0 aromatic heterocycles. The second-order valence-corrected chi connectivity index (χ2v) is 21.6. The topological polar surface area (TPSA) is 137 Å². The molecule has 2 unspecified atom stereocenters. The second-order valence-electron chi connectivity index (χ2n) is 21.6. The summed E-state index contributed by atoms with van der Waals surface area (Å²) >= 11 is 0. The summed E-state index contributed by atoms with van der Waals surface area (Å²) in [6, 6.07) is 52.1. The van der Waals surface area contributed by atoms with Crippen molar-refractivity contribution in [1.82, 2.24) is 29.4 Å². The van der Waals surface area contributed by atoms with Gasteiger partial charge in [0.15, 0.2) is 0 Å². The molecule has 6 aromatic carbocycles. The van der Waals surface area contributed by atoms with Gasteiger partial charge in [0.25, 0.3) is 0 Å². The smallest absolute Gasteiger partial charge is 0.321 e. The number of benzene rings is 6. The number of carbonyl (C=O) groups excluding carboxylic acids is 2. The number of nitrogens with zero attached hydrogens (tertiary/aromatic N) is 6. The molecule has 0 bridgehead atoms. The van der Waals surface area contributed by atoms with Crippen LogP contribution in [0.15, 0.2) is 158 Å². The number of aliphatic hydroxyl groups is 2. The number of carbonyl (C=O) groups is 2. The molecule has 10 rings (SSSR count). The van der Waals surface area contributed by atoms with Gasteiger partial charge < -0.3 is 49.9 Å². The van der Waals surface area contributed by atoms with E-state index in [0.717, 1.165) is 71.1 Å². The number of amides is 4. The first kappa shape index (κ1) is 57.0. The number of anilines is 2. The van der Waals surface area contributed by atoms with E-state index >= 15 is 0 Å². The Kier molecular flexibility index (Phi) is 19.3. The van der Waals surface area contributed by atoms with Crippen LogP contribution in [0.2, 0.25) is 0 Å². The molecule has 14 nitrogen and oxygen atoms in total. The number of nitrogens with one attached hydrogen (secondary N) is 2. The van der Waals surface area contributed by atoms with Crippen molar-refractivity contribution in [3.63, 3.8) is 0 Å². The number of ether oxygens (including phenoxy) is 2. The van der Waals surface area contributed by atoms with E-state index in [0.29, 0.717) is 26.2 Å². The van der Waals surface area contributed by atoms with Crippen molar-refractivity contribution in [2.24, 2.45) is 0 Å². The van der Waals surface area contributed by atoms with Gasteiger partial charge in [-0.05, 0) is 149 Å². The van der Waals surface area contributed by atoms with Gasteiger partial charge in [0, 0.05) is 121 Å². The average molecular weight is 1080 g/mol. The van der Waals surface area contributed by atoms with Gasteiger partial charge in [0.05, 0.1) is 27.4 Å². The van der Waals surface area contributed by atoms with Gasteiger partial charge in [-0.25, -0.2) is 9.59 Å². The van der Waals surface area contributed by atoms with Crippen molar-refractivity contribution in [3.8, 4) is 35.2 Å². The number of fused-ring (bicyclic) bond motifs is 2. The van der Waals surface area contributed by atoms with Crippen molar-refractivity contribution in [1.29, 1.82) is 0 Å². The normalized spacial score (nSPS) is 22.7. The fourth-order valence-corrected chi connectivity index (χ4v) is 11.7. The molecule has 80 heavy (non-hydrogen) atoms. The van der Waals surface area contributed by atoms with Crippen LogP contribution in [0.25, 0.3) is 0 Å². The molecule has 0 radical (unpaired) electrons. The third kappa shape index (κ3) is 13.8.